The van der Waals surface area contributed by atoms with Gasteiger partial charge in [-0.25, -0.2) is 4.39 Å². The molecular formula is C15H13ClFNO2. The predicted molar refractivity (Wildman–Crippen MR) is 76.7 cm³/mol. The van der Waals surface area contributed by atoms with Crippen molar-refractivity contribution in [3.63, 3.8) is 0 Å². The zero-order chi connectivity index (χ0) is 14.5. The van der Waals surface area contributed by atoms with Gasteiger partial charge in [-0.05, 0) is 35.9 Å². The standard InChI is InChI=1S/C15H13ClFNO2/c1-20-12-4-2-3-10(7-12)8-15(19)18-11-5-6-14(17)13(16)9-11/h2-7,9H,8H2,1H3,(H,18,19). The van der Waals surface area contributed by atoms with Crippen LogP contribution in [-0.2, 0) is 11.2 Å². The van der Waals surface area contributed by atoms with Crippen LogP contribution in [0.15, 0.2) is 42.5 Å². The number of ether oxygens (including phenoxy) is 1. The molecule has 0 spiro atoms. The maximum atomic E-state index is 13.0. The molecular weight excluding hydrogens is 281 g/mol. The number of hydrogen-bond donors (Lipinski definition) is 1. The van der Waals surface area contributed by atoms with Gasteiger partial charge in [-0.15, -0.1) is 0 Å². The number of carbonyl (C=O) groups excluding carboxylic acids is 1. The maximum Gasteiger partial charge on any atom is 0.228 e. The Hall–Kier alpha value is -2.07. The highest BCUT2D eigenvalue weighted by molar-refractivity contribution is 6.31. The first-order valence-electron chi connectivity index (χ1n) is 5.96. The molecule has 2 aromatic rings. The number of amides is 1. The highest BCUT2D eigenvalue weighted by Gasteiger charge is 2.07. The van der Waals surface area contributed by atoms with E-state index in [0.717, 1.165) is 5.56 Å². The number of rotatable bonds is 4. The Labute approximate surface area is 121 Å². The molecule has 104 valence electrons. The van der Waals surface area contributed by atoms with E-state index < -0.39 is 5.82 Å². The summed E-state index contributed by atoms with van der Waals surface area (Å²) in [5.74, 6) is -0.0292. The van der Waals surface area contributed by atoms with E-state index >= 15 is 0 Å². The summed E-state index contributed by atoms with van der Waals surface area (Å²) in [6, 6.07) is 11.3. The molecule has 3 nitrogen and oxygen atoms in total. The summed E-state index contributed by atoms with van der Waals surface area (Å²) in [5.41, 5.74) is 1.29. The Morgan fingerprint density at radius 3 is 2.80 bits per heavy atom. The smallest absolute Gasteiger partial charge is 0.228 e. The van der Waals surface area contributed by atoms with Gasteiger partial charge >= 0.3 is 0 Å². The van der Waals surface area contributed by atoms with E-state index in [1.807, 2.05) is 12.1 Å². The van der Waals surface area contributed by atoms with Crippen molar-refractivity contribution in [2.75, 3.05) is 12.4 Å². The number of anilines is 1. The molecule has 2 aromatic carbocycles. The number of benzene rings is 2. The Balaban J connectivity index is 2.03. The van der Waals surface area contributed by atoms with Crippen LogP contribution in [0.2, 0.25) is 5.02 Å². The third-order valence-corrected chi connectivity index (χ3v) is 2.99. The second kappa shape index (κ2) is 6.39. The molecule has 1 N–H and O–H groups in total. The molecule has 0 unspecified atom stereocenters. The molecule has 0 aliphatic carbocycles. The van der Waals surface area contributed by atoms with Crippen molar-refractivity contribution in [1.29, 1.82) is 0 Å². The van der Waals surface area contributed by atoms with Crippen LogP contribution in [0.1, 0.15) is 5.56 Å². The highest BCUT2D eigenvalue weighted by Crippen LogP contribution is 2.20. The zero-order valence-electron chi connectivity index (χ0n) is 10.8. The van der Waals surface area contributed by atoms with Gasteiger partial charge in [0.05, 0.1) is 18.6 Å². The average molecular weight is 294 g/mol. The van der Waals surface area contributed by atoms with Crippen molar-refractivity contribution in [2.24, 2.45) is 0 Å². The Bertz CT molecular complexity index is 631. The summed E-state index contributed by atoms with van der Waals surface area (Å²) in [6.07, 6.45) is 0.201. The van der Waals surface area contributed by atoms with E-state index in [1.54, 1.807) is 19.2 Å². The lowest BCUT2D eigenvalue weighted by molar-refractivity contribution is -0.115. The SMILES string of the molecule is COc1cccc(CC(=O)Nc2ccc(F)c(Cl)c2)c1. The van der Waals surface area contributed by atoms with Crippen LogP contribution in [0, 0.1) is 5.82 Å². The Morgan fingerprint density at radius 2 is 2.10 bits per heavy atom. The quantitative estimate of drug-likeness (QED) is 0.934. The molecule has 0 bridgehead atoms. The minimum absolute atomic E-state index is 0.0239. The third kappa shape index (κ3) is 3.71. The number of halogens is 2. The number of carbonyl (C=O) groups is 1. The summed E-state index contributed by atoms with van der Waals surface area (Å²) in [5, 5.41) is 2.64. The molecule has 0 fully saturated rings. The molecule has 0 saturated heterocycles. The topological polar surface area (TPSA) is 38.3 Å². The van der Waals surface area contributed by atoms with Crippen molar-refractivity contribution < 1.29 is 13.9 Å². The van der Waals surface area contributed by atoms with E-state index in [1.165, 1.54) is 18.2 Å². The van der Waals surface area contributed by atoms with E-state index in [4.69, 9.17) is 16.3 Å². The zero-order valence-corrected chi connectivity index (χ0v) is 11.6. The molecule has 0 atom stereocenters. The molecule has 0 aliphatic heterocycles. The van der Waals surface area contributed by atoms with Crippen LogP contribution < -0.4 is 10.1 Å². The largest absolute Gasteiger partial charge is 0.497 e. The van der Waals surface area contributed by atoms with Crippen LogP contribution in [0.4, 0.5) is 10.1 Å². The molecule has 0 aromatic heterocycles. The minimum Gasteiger partial charge on any atom is -0.497 e. The number of methoxy groups -OCH3 is 1. The van der Waals surface area contributed by atoms with Crippen molar-refractivity contribution >= 4 is 23.2 Å². The van der Waals surface area contributed by atoms with Gasteiger partial charge in [0.25, 0.3) is 0 Å². The van der Waals surface area contributed by atoms with Crippen LogP contribution >= 0.6 is 11.6 Å². The van der Waals surface area contributed by atoms with Crippen molar-refractivity contribution in [2.45, 2.75) is 6.42 Å². The van der Waals surface area contributed by atoms with Gasteiger partial charge in [0.15, 0.2) is 0 Å². The fraction of sp³-hybridized carbons (Fsp3) is 0.133. The van der Waals surface area contributed by atoms with Gasteiger partial charge in [-0.3, -0.25) is 4.79 Å². The number of hydrogen-bond acceptors (Lipinski definition) is 2. The fourth-order valence-corrected chi connectivity index (χ4v) is 1.93. The van der Waals surface area contributed by atoms with E-state index in [2.05, 4.69) is 5.32 Å². The molecule has 0 heterocycles. The molecule has 20 heavy (non-hydrogen) atoms. The number of nitrogens with one attached hydrogen (secondary N) is 1. The molecule has 0 saturated carbocycles. The second-order valence-corrected chi connectivity index (χ2v) is 4.61. The van der Waals surface area contributed by atoms with Crippen molar-refractivity contribution in [1.82, 2.24) is 0 Å². The van der Waals surface area contributed by atoms with Crippen LogP contribution in [-0.4, -0.2) is 13.0 Å². The van der Waals surface area contributed by atoms with E-state index in [0.29, 0.717) is 11.4 Å². The van der Waals surface area contributed by atoms with Gasteiger partial charge < -0.3 is 10.1 Å². The lowest BCUT2D eigenvalue weighted by Crippen LogP contribution is -2.14. The first kappa shape index (κ1) is 14.3. The second-order valence-electron chi connectivity index (χ2n) is 4.21. The highest BCUT2D eigenvalue weighted by atomic mass is 35.5. The van der Waals surface area contributed by atoms with Crippen LogP contribution in [0.25, 0.3) is 0 Å². The molecule has 0 radical (unpaired) electrons. The van der Waals surface area contributed by atoms with Crippen molar-refractivity contribution in [3.05, 3.63) is 58.9 Å². The first-order chi connectivity index (χ1) is 9.58. The first-order valence-corrected chi connectivity index (χ1v) is 6.34. The third-order valence-electron chi connectivity index (χ3n) is 2.70. The monoisotopic (exact) mass is 293 g/mol. The summed E-state index contributed by atoms with van der Waals surface area (Å²) >= 11 is 5.65. The van der Waals surface area contributed by atoms with Gasteiger partial charge in [0, 0.05) is 5.69 Å². The fourth-order valence-electron chi connectivity index (χ4n) is 1.75. The Morgan fingerprint density at radius 1 is 1.30 bits per heavy atom. The molecule has 1 amide bonds. The summed E-state index contributed by atoms with van der Waals surface area (Å²) in [4.78, 5) is 11.9. The van der Waals surface area contributed by atoms with Crippen LogP contribution in [0.5, 0.6) is 5.75 Å². The molecule has 0 aliphatic rings. The Kier molecular flexibility index (Phi) is 4.58. The summed E-state index contributed by atoms with van der Waals surface area (Å²) < 4.78 is 18.1. The molecule has 2 rings (SSSR count). The predicted octanol–water partition coefficient (Wildman–Crippen LogP) is 3.67. The minimum atomic E-state index is -0.516. The summed E-state index contributed by atoms with van der Waals surface area (Å²) in [6.45, 7) is 0. The summed E-state index contributed by atoms with van der Waals surface area (Å²) in [7, 11) is 1.57. The maximum absolute atomic E-state index is 13.0. The van der Waals surface area contributed by atoms with Gasteiger partial charge in [0.1, 0.15) is 11.6 Å². The average Bonchev–Trinajstić information content (AvgIpc) is 2.43. The van der Waals surface area contributed by atoms with E-state index in [9.17, 15) is 9.18 Å². The van der Waals surface area contributed by atoms with Crippen molar-refractivity contribution in [3.8, 4) is 5.75 Å². The van der Waals surface area contributed by atoms with Gasteiger partial charge in [-0.2, -0.15) is 0 Å². The van der Waals surface area contributed by atoms with E-state index in [-0.39, 0.29) is 17.4 Å². The van der Waals surface area contributed by atoms with Crippen LogP contribution in [0.3, 0.4) is 0 Å². The lowest BCUT2D eigenvalue weighted by Gasteiger charge is -2.07. The van der Waals surface area contributed by atoms with Gasteiger partial charge in [-0.1, -0.05) is 23.7 Å². The van der Waals surface area contributed by atoms with Gasteiger partial charge in [0.2, 0.25) is 5.91 Å². The lowest BCUT2D eigenvalue weighted by atomic mass is 10.1. The normalized spacial score (nSPS) is 10.2. The molecule has 5 heteroatoms.